The average molecular weight is 420 g/mol. The van der Waals surface area contributed by atoms with Crippen LogP contribution < -0.4 is 4.74 Å². The fourth-order valence-corrected chi connectivity index (χ4v) is 7.66. The molecular weight excluding hydrogens is 406 g/mol. The molecule has 4 nitrogen and oxygen atoms in total. The van der Waals surface area contributed by atoms with Crippen molar-refractivity contribution in [2.24, 2.45) is 0 Å². The van der Waals surface area contributed by atoms with Crippen molar-refractivity contribution in [2.45, 2.75) is 9.58 Å². The summed E-state index contributed by atoms with van der Waals surface area (Å²) in [6.45, 7) is 0.527. The van der Waals surface area contributed by atoms with Crippen molar-refractivity contribution in [1.82, 2.24) is 4.31 Å². The Morgan fingerprint density at radius 1 is 1.23 bits per heavy atom. The van der Waals surface area contributed by atoms with Gasteiger partial charge in [0.05, 0.1) is 16.3 Å². The van der Waals surface area contributed by atoms with Gasteiger partial charge >= 0.3 is 0 Å². The molecule has 2 heterocycles. The van der Waals surface area contributed by atoms with Crippen molar-refractivity contribution in [3.05, 3.63) is 45.7 Å². The highest BCUT2D eigenvalue weighted by molar-refractivity contribution is 9.11. The Morgan fingerprint density at radius 3 is 2.55 bits per heavy atom. The lowest BCUT2D eigenvalue weighted by Crippen LogP contribution is -2.30. The molecule has 22 heavy (non-hydrogen) atoms. The number of thioether (sulfide) groups is 1. The molecule has 8 heteroatoms. The molecule has 1 fully saturated rings. The van der Waals surface area contributed by atoms with Gasteiger partial charge in [0, 0.05) is 12.3 Å². The largest absolute Gasteiger partial charge is 0.497 e. The van der Waals surface area contributed by atoms with Crippen molar-refractivity contribution in [1.29, 1.82) is 0 Å². The zero-order valence-corrected chi connectivity index (χ0v) is 15.8. The molecule has 0 amide bonds. The monoisotopic (exact) mass is 419 g/mol. The van der Waals surface area contributed by atoms with Crippen molar-refractivity contribution >= 4 is 49.1 Å². The smallest absolute Gasteiger partial charge is 0.253 e. The molecule has 1 atom stereocenters. The minimum atomic E-state index is -3.46. The summed E-state index contributed by atoms with van der Waals surface area (Å²) in [6, 6.07) is 11.0. The Balaban J connectivity index is 1.92. The predicted octanol–water partition coefficient (Wildman–Crippen LogP) is 3.96. The van der Waals surface area contributed by atoms with Crippen LogP contribution in [0.5, 0.6) is 5.75 Å². The number of hydrogen-bond donors (Lipinski definition) is 0. The van der Waals surface area contributed by atoms with E-state index >= 15 is 0 Å². The first-order valence-electron chi connectivity index (χ1n) is 6.55. The zero-order valence-electron chi connectivity index (χ0n) is 11.7. The van der Waals surface area contributed by atoms with Gasteiger partial charge < -0.3 is 4.74 Å². The van der Waals surface area contributed by atoms with E-state index in [2.05, 4.69) is 15.9 Å². The van der Waals surface area contributed by atoms with Gasteiger partial charge in [0.25, 0.3) is 10.0 Å². The molecule has 0 unspecified atom stereocenters. The van der Waals surface area contributed by atoms with Gasteiger partial charge in [0.15, 0.2) is 0 Å². The van der Waals surface area contributed by atoms with Crippen LogP contribution in [-0.2, 0) is 10.0 Å². The van der Waals surface area contributed by atoms with Gasteiger partial charge in [-0.1, -0.05) is 12.1 Å². The van der Waals surface area contributed by atoms with E-state index in [0.717, 1.165) is 20.9 Å². The van der Waals surface area contributed by atoms with Crippen LogP contribution in [-0.4, -0.2) is 32.1 Å². The van der Waals surface area contributed by atoms with E-state index in [1.807, 2.05) is 24.3 Å². The molecule has 0 aliphatic carbocycles. The number of methoxy groups -OCH3 is 1. The molecule has 0 saturated carbocycles. The topological polar surface area (TPSA) is 46.6 Å². The Hall–Kier alpha value is -0.540. The summed E-state index contributed by atoms with van der Waals surface area (Å²) in [7, 11) is -1.85. The third kappa shape index (κ3) is 3.07. The molecule has 1 aromatic carbocycles. The van der Waals surface area contributed by atoms with Crippen LogP contribution in [0.15, 0.2) is 44.4 Å². The minimum absolute atomic E-state index is 0.184. The molecule has 2 aromatic rings. The molecule has 1 saturated heterocycles. The van der Waals surface area contributed by atoms with Crippen LogP contribution in [0.1, 0.15) is 10.9 Å². The van der Waals surface area contributed by atoms with Crippen molar-refractivity contribution in [3.63, 3.8) is 0 Å². The standard InChI is InChI=1S/C14H14BrNO3S3/c1-19-11-4-2-10(3-5-11)14-16(8-9-20-14)22(17,18)13-7-6-12(15)21-13/h2-7,14H,8-9H2,1H3/t14-/m1/s1. The average Bonchev–Trinajstić information content (AvgIpc) is 3.16. The molecule has 0 radical (unpaired) electrons. The van der Waals surface area contributed by atoms with Crippen LogP contribution in [0.2, 0.25) is 0 Å². The lowest BCUT2D eigenvalue weighted by molar-refractivity contribution is 0.413. The summed E-state index contributed by atoms with van der Waals surface area (Å²) >= 11 is 6.21. The predicted molar refractivity (Wildman–Crippen MR) is 94.1 cm³/mol. The number of ether oxygens (including phenoxy) is 1. The third-order valence-electron chi connectivity index (χ3n) is 3.36. The second-order valence-corrected chi connectivity index (χ2v) is 10.4. The van der Waals surface area contributed by atoms with E-state index in [0.29, 0.717) is 10.8 Å². The number of sulfonamides is 1. The van der Waals surface area contributed by atoms with E-state index < -0.39 is 10.0 Å². The van der Waals surface area contributed by atoms with Crippen molar-refractivity contribution in [2.75, 3.05) is 19.4 Å². The quantitative estimate of drug-likeness (QED) is 0.752. The second-order valence-electron chi connectivity index (χ2n) is 4.67. The maximum atomic E-state index is 12.8. The molecule has 1 aliphatic rings. The number of halogens is 1. The molecule has 3 rings (SSSR count). The third-order valence-corrected chi connectivity index (χ3v) is 8.71. The number of rotatable bonds is 4. The van der Waals surface area contributed by atoms with Gasteiger partial charge in [0.1, 0.15) is 9.96 Å². The van der Waals surface area contributed by atoms with Crippen LogP contribution in [0.25, 0.3) is 0 Å². The Kier molecular flexibility index (Phi) is 4.84. The summed E-state index contributed by atoms with van der Waals surface area (Å²) in [5.41, 5.74) is 0.975. The SMILES string of the molecule is COc1ccc([C@H]2SCCN2S(=O)(=O)c2ccc(Br)s2)cc1. The molecule has 0 bridgehead atoms. The van der Waals surface area contributed by atoms with E-state index in [1.165, 1.54) is 11.3 Å². The number of thiophene rings is 1. The van der Waals surface area contributed by atoms with Crippen LogP contribution >= 0.6 is 39.0 Å². The van der Waals surface area contributed by atoms with Gasteiger partial charge in [0.2, 0.25) is 0 Å². The van der Waals surface area contributed by atoms with Gasteiger partial charge in [-0.3, -0.25) is 0 Å². The van der Waals surface area contributed by atoms with E-state index in [1.54, 1.807) is 35.3 Å². The summed E-state index contributed by atoms with van der Waals surface area (Å²) in [6.07, 6.45) is 0. The van der Waals surface area contributed by atoms with E-state index in [9.17, 15) is 8.42 Å². The van der Waals surface area contributed by atoms with Crippen molar-refractivity contribution < 1.29 is 13.2 Å². The Labute approximate surface area is 146 Å². The normalized spacial score (nSPS) is 19.5. The highest BCUT2D eigenvalue weighted by atomic mass is 79.9. The highest BCUT2D eigenvalue weighted by Gasteiger charge is 2.37. The van der Waals surface area contributed by atoms with Gasteiger partial charge in [-0.25, -0.2) is 8.42 Å². The first kappa shape index (κ1) is 16.3. The number of nitrogens with zero attached hydrogens (tertiary/aromatic N) is 1. The molecule has 0 N–H and O–H groups in total. The molecular formula is C14H14BrNO3S3. The van der Waals surface area contributed by atoms with Gasteiger partial charge in [-0.15, -0.1) is 23.1 Å². The summed E-state index contributed by atoms with van der Waals surface area (Å²) in [5.74, 6) is 1.56. The van der Waals surface area contributed by atoms with E-state index in [-0.39, 0.29) is 5.37 Å². The number of hydrogen-bond acceptors (Lipinski definition) is 5. The fourth-order valence-electron chi connectivity index (χ4n) is 2.28. The van der Waals surface area contributed by atoms with E-state index in [4.69, 9.17) is 4.74 Å². The highest BCUT2D eigenvalue weighted by Crippen LogP contribution is 2.43. The first-order valence-corrected chi connectivity index (χ1v) is 10.6. The van der Waals surface area contributed by atoms with Gasteiger partial charge in [-0.05, 0) is 45.8 Å². The summed E-state index contributed by atoms with van der Waals surface area (Å²) in [4.78, 5) is 0. The second kappa shape index (κ2) is 6.52. The first-order chi connectivity index (χ1) is 10.5. The molecule has 118 valence electrons. The van der Waals surface area contributed by atoms with Crippen molar-refractivity contribution in [3.8, 4) is 5.75 Å². The lowest BCUT2D eigenvalue weighted by Gasteiger charge is -2.22. The maximum Gasteiger partial charge on any atom is 0.253 e. The minimum Gasteiger partial charge on any atom is -0.497 e. The number of benzene rings is 1. The van der Waals surface area contributed by atoms with Gasteiger partial charge in [-0.2, -0.15) is 4.31 Å². The van der Waals surface area contributed by atoms with Crippen LogP contribution in [0.4, 0.5) is 0 Å². The maximum absolute atomic E-state index is 12.8. The zero-order chi connectivity index (χ0) is 15.7. The Morgan fingerprint density at radius 2 is 1.95 bits per heavy atom. The summed E-state index contributed by atoms with van der Waals surface area (Å²) < 4.78 is 33.6. The lowest BCUT2D eigenvalue weighted by atomic mass is 10.2. The van der Waals surface area contributed by atoms with Crippen LogP contribution in [0, 0.1) is 0 Å². The molecule has 1 aliphatic heterocycles. The van der Waals surface area contributed by atoms with Crippen LogP contribution in [0.3, 0.4) is 0 Å². The molecule has 0 spiro atoms. The fraction of sp³-hybridized carbons (Fsp3) is 0.286. The summed E-state index contributed by atoms with van der Waals surface area (Å²) in [5, 5.41) is -0.184. The molecule has 1 aromatic heterocycles. The Bertz CT molecular complexity index is 758.